The van der Waals surface area contributed by atoms with E-state index in [1.54, 1.807) is 11.3 Å². The van der Waals surface area contributed by atoms with E-state index in [2.05, 4.69) is 10.4 Å². The van der Waals surface area contributed by atoms with E-state index in [4.69, 9.17) is 10.5 Å². The van der Waals surface area contributed by atoms with Crippen molar-refractivity contribution in [3.05, 3.63) is 16.1 Å². The topological polar surface area (TPSA) is 48.1 Å². The molecule has 1 aromatic rings. The first kappa shape index (κ1) is 10.1. The summed E-state index contributed by atoms with van der Waals surface area (Å²) in [5.74, 6) is 0.501. The molecule has 1 aliphatic rings. The van der Waals surface area contributed by atoms with Gasteiger partial charge >= 0.3 is 0 Å². The van der Waals surface area contributed by atoms with Crippen LogP contribution < -0.4 is 5.73 Å². The van der Waals surface area contributed by atoms with Gasteiger partial charge in [-0.05, 0) is 19.8 Å². The van der Waals surface area contributed by atoms with Crippen molar-refractivity contribution in [2.24, 2.45) is 5.73 Å². The highest BCUT2D eigenvalue weighted by atomic mass is 32.1. The van der Waals surface area contributed by atoms with Crippen LogP contribution in [0, 0.1) is 0 Å². The van der Waals surface area contributed by atoms with Crippen molar-refractivity contribution in [1.82, 2.24) is 4.98 Å². The Kier molecular flexibility index (Phi) is 3.15. The van der Waals surface area contributed by atoms with E-state index in [0.29, 0.717) is 5.92 Å². The van der Waals surface area contributed by atoms with Gasteiger partial charge in [-0.1, -0.05) is 0 Å². The highest BCUT2D eigenvalue weighted by Crippen LogP contribution is 2.28. The summed E-state index contributed by atoms with van der Waals surface area (Å²) in [4.78, 5) is 4.55. The third-order valence-electron chi connectivity index (χ3n) is 2.52. The SMILES string of the molecule is CC(N)c1csc(C2CCCOC2)n1. The number of aromatic nitrogens is 1. The zero-order valence-corrected chi connectivity index (χ0v) is 9.22. The predicted molar refractivity (Wildman–Crippen MR) is 57.5 cm³/mol. The molecule has 14 heavy (non-hydrogen) atoms. The summed E-state index contributed by atoms with van der Waals surface area (Å²) in [7, 11) is 0. The van der Waals surface area contributed by atoms with Crippen molar-refractivity contribution < 1.29 is 4.74 Å². The molecule has 0 amide bonds. The number of rotatable bonds is 2. The van der Waals surface area contributed by atoms with Gasteiger partial charge in [-0.25, -0.2) is 4.98 Å². The van der Waals surface area contributed by atoms with Crippen molar-refractivity contribution in [2.75, 3.05) is 13.2 Å². The van der Waals surface area contributed by atoms with E-state index in [0.717, 1.165) is 25.3 Å². The Morgan fingerprint density at radius 1 is 1.71 bits per heavy atom. The number of hydrogen-bond donors (Lipinski definition) is 1. The summed E-state index contributed by atoms with van der Waals surface area (Å²) in [6.07, 6.45) is 2.35. The van der Waals surface area contributed by atoms with Crippen molar-refractivity contribution in [1.29, 1.82) is 0 Å². The number of thiazole rings is 1. The van der Waals surface area contributed by atoms with E-state index in [-0.39, 0.29) is 6.04 Å². The standard InChI is InChI=1S/C10H16N2OS/c1-7(11)9-6-14-10(12-9)8-3-2-4-13-5-8/h6-8H,2-5,11H2,1H3. The summed E-state index contributed by atoms with van der Waals surface area (Å²) in [6.45, 7) is 3.70. The maximum absolute atomic E-state index is 5.77. The van der Waals surface area contributed by atoms with Crippen molar-refractivity contribution >= 4 is 11.3 Å². The highest BCUT2D eigenvalue weighted by Gasteiger charge is 2.19. The first-order chi connectivity index (χ1) is 6.77. The van der Waals surface area contributed by atoms with Crippen LogP contribution in [0.15, 0.2) is 5.38 Å². The van der Waals surface area contributed by atoms with Gasteiger partial charge in [-0.3, -0.25) is 0 Å². The van der Waals surface area contributed by atoms with Crippen LogP contribution >= 0.6 is 11.3 Å². The van der Waals surface area contributed by atoms with Crippen LogP contribution in [0.4, 0.5) is 0 Å². The minimum atomic E-state index is 0.0458. The first-order valence-corrected chi connectivity index (χ1v) is 5.94. The summed E-state index contributed by atoms with van der Waals surface area (Å²) in [5.41, 5.74) is 6.78. The lowest BCUT2D eigenvalue weighted by Gasteiger charge is -2.19. The molecule has 2 N–H and O–H groups in total. The maximum atomic E-state index is 5.77. The van der Waals surface area contributed by atoms with E-state index in [1.165, 1.54) is 11.4 Å². The molecule has 0 bridgehead atoms. The van der Waals surface area contributed by atoms with Crippen LogP contribution in [0.5, 0.6) is 0 Å². The molecule has 0 spiro atoms. The van der Waals surface area contributed by atoms with Crippen molar-refractivity contribution in [3.63, 3.8) is 0 Å². The fraction of sp³-hybridized carbons (Fsp3) is 0.700. The molecule has 3 nitrogen and oxygen atoms in total. The second-order valence-corrected chi connectivity index (χ2v) is 4.70. The molecule has 1 fully saturated rings. The third kappa shape index (κ3) is 2.13. The third-order valence-corrected chi connectivity index (χ3v) is 3.54. The Morgan fingerprint density at radius 3 is 3.14 bits per heavy atom. The molecule has 0 aromatic carbocycles. The van der Waals surface area contributed by atoms with Gasteiger partial charge in [0.2, 0.25) is 0 Å². The van der Waals surface area contributed by atoms with Gasteiger partial charge in [0.25, 0.3) is 0 Å². The molecule has 4 heteroatoms. The Morgan fingerprint density at radius 2 is 2.57 bits per heavy atom. The minimum Gasteiger partial charge on any atom is -0.381 e. The Balaban J connectivity index is 2.07. The van der Waals surface area contributed by atoms with Gasteiger partial charge in [0.15, 0.2) is 0 Å². The van der Waals surface area contributed by atoms with Crippen LogP contribution in [0.25, 0.3) is 0 Å². The quantitative estimate of drug-likeness (QED) is 0.816. The van der Waals surface area contributed by atoms with Crippen molar-refractivity contribution in [3.8, 4) is 0 Å². The second kappa shape index (κ2) is 4.38. The van der Waals surface area contributed by atoms with Gasteiger partial charge in [0, 0.05) is 23.9 Å². The molecule has 2 unspecified atom stereocenters. The molecule has 2 rings (SSSR count). The van der Waals surface area contributed by atoms with Gasteiger partial charge in [-0.15, -0.1) is 11.3 Å². The van der Waals surface area contributed by atoms with Crippen molar-refractivity contribution in [2.45, 2.75) is 31.7 Å². The zero-order chi connectivity index (χ0) is 9.97. The summed E-state index contributed by atoms with van der Waals surface area (Å²) in [5, 5.41) is 3.26. The molecule has 2 atom stereocenters. The smallest absolute Gasteiger partial charge is 0.0983 e. The lowest BCUT2D eigenvalue weighted by molar-refractivity contribution is 0.0803. The lowest BCUT2D eigenvalue weighted by Crippen LogP contribution is -2.15. The molecule has 1 saturated heterocycles. The zero-order valence-electron chi connectivity index (χ0n) is 8.40. The number of nitrogens with two attached hydrogens (primary N) is 1. The average Bonchev–Trinajstić information content (AvgIpc) is 2.68. The fourth-order valence-electron chi connectivity index (χ4n) is 1.63. The molecule has 78 valence electrons. The monoisotopic (exact) mass is 212 g/mol. The summed E-state index contributed by atoms with van der Waals surface area (Å²) >= 11 is 1.71. The summed E-state index contributed by atoms with van der Waals surface area (Å²) < 4.78 is 5.44. The Hall–Kier alpha value is -0.450. The molecule has 0 radical (unpaired) electrons. The van der Waals surface area contributed by atoms with Crippen LogP contribution in [0.2, 0.25) is 0 Å². The van der Waals surface area contributed by atoms with E-state index in [1.807, 2.05) is 6.92 Å². The minimum absolute atomic E-state index is 0.0458. The van der Waals surface area contributed by atoms with Gasteiger partial charge in [-0.2, -0.15) is 0 Å². The van der Waals surface area contributed by atoms with Crippen LogP contribution in [0.1, 0.15) is 42.4 Å². The van der Waals surface area contributed by atoms with Gasteiger partial charge in [0.05, 0.1) is 17.3 Å². The number of hydrogen-bond acceptors (Lipinski definition) is 4. The number of ether oxygens (including phenoxy) is 1. The Bertz CT molecular complexity index is 292. The molecular formula is C10H16N2OS. The molecule has 0 saturated carbocycles. The molecule has 0 aliphatic carbocycles. The normalized spacial score (nSPS) is 24.9. The molecule has 1 aliphatic heterocycles. The Labute approximate surface area is 88.3 Å². The van der Waals surface area contributed by atoms with E-state index < -0.39 is 0 Å². The highest BCUT2D eigenvalue weighted by molar-refractivity contribution is 7.09. The predicted octanol–water partition coefficient (Wildman–Crippen LogP) is 2.06. The molecule has 2 heterocycles. The van der Waals surface area contributed by atoms with Crippen LogP contribution in [-0.4, -0.2) is 18.2 Å². The van der Waals surface area contributed by atoms with Crippen LogP contribution in [0.3, 0.4) is 0 Å². The largest absolute Gasteiger partial charge is 0.381 e. The van der Waals surface area contributed by atoms with Gasteiger partial charge in [0.1, 0.15) is 0 Å². The maximum Gasteiger partial charge on any atom is 0.0983 e. The molecule has 1 aromatic heterocycles. The lowest BCUT2D eigenvalue weighted by atomic mass is 10.0. The average molecular weight is 212 g/mol. The summed E-state index contributed by atoms with van der Waals surface area (Å²) in [6, 6.07) is 0.0458. The number of nitrogens with zero attached hydrogens (tertiary/aromatic N) is 1. The fourth-order valence-corrected chi connectivity index (χ4v) is 2.68. The first-order valence-electron chi connectivity index (χ1n) is 5.06. The molecular weight excluding hydrogens is 196 g/mol. The van der Waals surface area contributed by atoms with Crippen LogP contribution in [-0.2, 0) is 4.74 Å². The van der Waals surface area contributed by atoms with E-state index >= 15 is 0 Å². The van der Waals surface area contributed by atoms with E-state index in [9.17, 15) is 0 Å². The second-order valence-electron chi connectivity index (χ2n) is 3.81. The van der Waals surface area contributed by atoms with Gasteiger partial charge < -0.3 is 10.5 Å².